The molecule has 27 heavy (non-hydrogen) atoms. The maximum atomic E-state index is 11.8. The lowest BCUT2D eigenvalue weighted by Crippen LogP contribution is -2.44. The number of aromatic amines is 1. The minimum Gasteiger partial charge on any atom is -0.304 e. The number of rotatable bonds is 6. The van der Waals surface area contributed by atoms with E-state index in [9.17, 15) is 4.79 Å². The number of hydrogen-bond acceptors (Lipinski definition) is 6. The highest BCUT2D eigenvalue weighted by atomic mass is 32.2. The van der Waals surface area contributed by atoms with Crippen molar-refractivity contribution in [3.8, 4) is 11.4 Å². The van der Waals surface area contributed by atoms with Crippen molar-refractivity contribution in [1.29, 1.82) is 0 Å². The summed E-state index contributed by atoms with van der Waals surface area (Å²) in [6.07, 6.45) is 1.09. The fourth-order valence-corrected chi connectivity index (χ4v) is 4.10. The van der Waals surface area contributed by atoms with Gasteiger partial charge in [-0.1, -0.05) is 42.1 Å². The van der Waals surface area contributed by atoms with Gasteiger partial charge < -0.3 is 9.80 Å². The predicted molar refractivity (Wildman–Crippen MR) is 108 cm³/mol. The van der Waals surface area contributed by atoms with Crippen LogP contribution < -0.4 is 5.56 Å². The largest absolute Gasteiger partial charge is 0.304 e. The van der Waals surface area contributed by atoms with Gasteiger partial charge in [-0.15, -0.1) is 0 Å². The Morgan fingerprint density at radius 3 is 2.67 bits per heavy atom. The summed E-state index contributed by atoms with van der Waals surface area (Å²) in [7, 11) is 2.18. The molecule has 142 valence electrons. The number of nitrogens with one attached hydrogen (secondary N) is 1. The Morgan fingerprint density at radius 2 is 1.89 bits per heavy atom. The van der Waals surface area contributed by atoms with Crippen LogP contribution in [-0.2, 0) is 0 Å². The van der Waals surface area contributed by atoms with E-state index in [1.54, 1.807) is 16.3 Å². The summed E-state index contributed by atoms with van der Waals surface area (Å²) >= 11 is 1.67. The third kappa shape index (κ3) is 4.40. The fraction of sp³-hybridized carbons (Fsp3) is 0.421. The SMILES string of the molecule is CN1CCN(CCCSc2nc(-c3ccccc3)nc3cc(=O)[nH]n23)CC1. The third-order valence-corrected chi connectivity index (χ3v) is 5.83. The van der Waals surface area contributed by atoms with Gasteiger partial charge >= 0.3 is 0 Å². The number of nitrogens with zero attached hydrogens (tertiary/aromatic N) is 5. The zero-order valence-corrected chi connectivity index (χ0v) is 16.3. The molecule has 0 spiro atoms. The Balaban J connectivity index is 1.46. The Hall–Kier alpha value is -2.16. The van der Waals surface area contributed by atoms with Crippen LogP contribution in [0.1, 0.15) is 6.42 Å². The normalized spacial score (nSPS) is 16.2. The van der Waals surface area contributed by atoms with Crippen molar-refractivity contribution in [2.75, 3.05) is 45.5 Å². The molecule has 0 radical (unpaired) electrons. The van der Waals surface area contributed by atoms with E-state index in [4.69, 9.17) is 4.98 Å². The van der Waals surface area contributed by atoms with Gasteiger partial charge in [-0.05, 0) is 20.0 Å². The number of piperazine rings is 1. The lowest BCUT2D eigenvalue weighted by molar-refractivity contribution is 0.154. The Kier molecular flexibility index (Phi) is 5.56. The van der Waals surface area contributed by atoms with Gasteiger partial charge in [0.15, 0.2) is 16.6 Å². The summed E-state index contributed by atoms with van der Waals surface area (Å²) in [4.78, 5) is 25.9. The Labute approximate surface area is 162 Å². The molecule has 1 fully saturated rings. The molecule has 1 saturated heterocycles. The molecule has 1 aromatic carbocycles. The van der Waals surface area contributed by atoms with Crippen LogP contribution in [0.25, 0.3) is 17.0 Å². The van der Waals surface area contributed by atoms with Crippen LogP contribution in [0.2, 0.25) is 0 Å². The minimum atomic E-state index is -0.159. The summed E-state index contributed by atoms with van der Waals surface area (Å²) in [5.74, 6) is 1.60. The number of H-pyrrole nitrogens is 1. The van der Waals surface area contributed by atoms with Crippen molar-refractivity contribution in [2.24, 2.45) is 0 Å². The van der Waals surface area contributed by atoms with Gasteiger partial charge in [0.25, 0.3) is 5.56 Å². The van der Waals surface area contributed by atoms with Crippen molar-refractivity contribution < 1.29 is 0 Å². The maximum Gasteiger partial charge on any atom is 0.266 e. The minimum absolute atomic E-state index is 0.159. The van der Waals surface area contributed by atoms with Crippen molar-refractivity contribution in [2.45, 2.75) is 11.6 Å². The first-order valence-corrected chi connectivity index (χ1v) is 10.3. The maximum absolute atomic E-state index is 11.8. The Bertz CT molecular complexity index is 946. The summed E-state index contributed by atoms with van der Waals surface area (Å²) in [6, 6.07) is 11.4. The van der Waals surface area contributed by atoms with Crippen LogP contribution in [0, 0.1) is 0 Å². The first kappa shape index (κ1) is 18.2. The number of aromatic nitrogens is 4. The molecule has 1 aliphatic rings. The molecule has 1 N–H and O–H groups in total. The van der Waals surface area contributed by atoms with Crippen molar-refractivity contribution >= 4 is 17.4 Å². The van der Waals surface area contributed by atoms with Gasteiger partial charge in [0.2, 0.25) is 0 Å². The van der Waals surface area contributed by atoms with Crippen LogP contribution in [0.3, 0.4) is 0 Å². The highest BCUT2D eigenvalue weighted by molar-refractivity contribution is 7.99. The number of thioether (sulfide) groups is 1. The lowest BCUT2D eigenvalue weighted by atomic mass is 10.2. The fourth-order valence-electron chi connectivity index (χ4n) is 3.22. The second-order valence-corrected chi connectivity index (χ2v) is 7.92. The molecular formula is C19H24N6OS. The van der Waals surface area contributed by atoms with E-state index in [0.29, 0.717) is 11.5 Å². The van der Waals surface area contributed by atoms with E-state index in [2.05, 4.69) is 26.9 Å². The van der Waals surface area contributed by atoms with Gasteiger partial charge in [-0.3, -0.25) is 9.89 Å². The molecule has 3 aromatic rings. The average molecular weight is 385 g/mol. The third-order valence-electron chi connectivity index (χ3n) is 4.80. The van der Waals surface area contributed by atoms with Crippen LogP contribution in [0.4, 0.5) is 0 Å². The first-order valence-electron chi connectivity index (χ1n) is 9.28. The van der Waals surface area contributed by atoms with Gasteiger partial charge in [0.1, 0.15) is 0 Å². The lowest BCUT2D eigenvalue weighted by Gasteiger charge is -2.32. The molecule has 0 atom stereocenters. The average Bonchev–Trinajstić information content (AvgIpc) is 3.07. The summed E-state index contributed by atoms with van der Waals surface area (Å²) in [5.41, 5.74) is 1.40. The number of fused-ring (bicyclic) bond motifs is 1. The molecule has 0 amide bonds. The molecule has 8 heteroatoms. The van der Waals surface area contributed by atoms with Gasteiger partial charge in [-0.25, -0.2) is 14.5 Å². The quantitative estimate of drug-likeness (QED) is 0.516. The van der Waals surface area contributed by atoms with Crippen molar-refractivity contribution in [1.82, 2.24) is 29.4 Å². The highest BCUT2D eigenvalue weighted by Crippen LogP contribution is 2.21. The van der Waals surface area contributed by atoms with E-state index in [-0.39, 0.29) is 5.56 Å². The molecular weight excluding hydrogens is 360 g/mol. The number of hydrogen-bond donors (Lipinski definition) is 1. The molecule has 7 nitrogen and oxygen atoms in total. The number of likely N-dealkylation sites (N-methyl/N-ethyl adjacent to an activating group) is 1. The highest BCUT2D eigenvalue weighted by Gasteiger charge is 2.14. The molecule has 0 aliphatic carbocycles. The van der Waals surface area contributed by atoms with Crippen LogP contribution >= 0.6 is 11.8 Å². The first-order chi connectivity index (χ1) is 13.2. The van der Waals surface area contributed by atoms with Crippen molar-refractivity contribution in [3.05, 3.63) is 46.8 Å². The zero-order chi connectivity index (χ0) is 18.6. The van der Waals surface area contributed by atoms with E-state index in [1.165, 1.54) is 6.07 Å². The van der Waals surface area contributed by atoms with Crippen LogP contribution in [0.15, 0.2) is 46.3 Å². The predicted octanol–water partition coefficient (Wildman–Crippen LogP) is 1.81. The van der Waals surface area contributed by atoms with E-state index in [1.807, 2.05) is 30.3 Å². The zero-order valence-electron chi connectivity index (χ0n) is 15.5. The molecule has 1 aliphatic heterocycles. The van der Waals surface area contributed by atoms with Crippen LogP contribution in [-0.4, -0.2) is 74.9 Å². The van der Waals surface area contributed by atoms with Gasteiger partial charge in [-0.2, -0.15) is 0 Å². The molecule has 0 bridgehead atoms. The van der Waals surface area contributed by atoms with Gasteiger partial charge in [0, 0.05) is 43.6 Å². The molecule has 0 unspecified atom stereocenters. The second kappa shape index (κ2) is 8.24. The molecule has 2 aromatic heterocycles. The molecule has 3 heterocycles. The van der Waals surface area contributed by atoms with Gasteiger partial charge in [0.05, 0.1) is 0 Å². The van der Waals surface area contributed by atoms with Crippen molar-refractivity contribution in [3.63, 3.8) is 0 Å². The number of benzene rings is 1. The van der Waals surface area contributed by atoms with E-state index >= 15 is 0 Å². The summed E-state index contributed by atoms with van der Waals surface area (Å²) in [5, 5.41) is 3.58. The monoisotopic (exact) mass is 384 g/mol. The summed E-state index contributed by atoms with van der Waals surface area (Å²) < 4.78 is 1.69. The second-order valence-electron chi connectivity index (χ2n) is 6.86. The smallest absolute Gasteiger partial charge is 0.266 e. The van der Waals surface area contributed by atoms with Crippen LogP contribution in [0.5, 0.6) is 0 Å². The standard InChI is InChI=1S/C19H24N6OS/c1-23-9-11-24(12-10-23)8-5-13-27-19-21-18(15-6-3-2-4-7-15)20-16-14-17(26)22-25(16)19/h2-4,6-7,14H,5,8-13H2,1H3,(H,22,26). The van der Waals surface area contributed by atoms with E-state index in [0.717, 1.165) is 55.6 Å². The Morgan fingerprint density at radius 1 is 1.11 bits per heavy atom. The molecule has 4 rings (SSSR count). The topological polar surface area (TPSA) is 69.5 Å². The summed E-state index contributed by atoms with van der Waals surface area (Å²) in [6.45, 7) is 5.67. The van der Waals surface area contributed by atoms with E-state index < -0.39 is 0 Å². The molecule has 0 saturated carbocycles.